The molecule has 1 saturated heterocycles. The van der Waals surface area contributed by atoms with Gasteiger partial charge in [0.05, 0.1) is 12.7 Å². The summed E-state index contributed by atoms with van der Waals surface area (Å²) in [5.74, 6) is 0. The van der Waals surface area contributed by atoms with E-state index >= 15 is 0 Å². The number of rotatable bonds is 2. The van der Waals surface area contributed by atoms with Crippen molar-refractivity contribution in [3.63, 3.8) is 0 Å². The molecular weight excluding hydrogens is 231 g/mol. The first kappa shape index (κ1) is 7.75. The van der Waals surface area contributed by atoms with Gasteiger partial charge in [0, 0.05) is 6.61 Å². The van der Waals surface area contributed by atoms with Gasteiger partial charge in [-0.1, -0.05) is 22.6 Å². The van der Waals surface area contributed by atoms with E-state index in [1.165, 1.54) is 0 Å². The highest BCUT2D eigenvalue weighted by molar-refractivity contribution is 14.1. The minimum absolute atomic E-state index is 0.314. The van der Waals surface area contributed by atoms with Crippen LogP contribution < -0.4 is 0 Å². The molecule has 0 saturated carbocycles. The lowest BCUT2D eigenvalue weighted by Gasteiger charge is -2.10. The summed E-state index contributed by atoms with van der Waals surface area (Å²) in [6.07, 6.45) is 1.42. The topological polar surface area (TPSA) is 18.5 Å². The van der Waals surface area contributed by atoms with Crippen LogP contribution in [0.5, 0.6) is 0 Å². The van der Waals surface area contributed by atoms with Crippen LogP contribution in [0.2, 0.25) is 0 Å². The average molecular weight is 242 g/mol. The summed E-state index contributed by atoms with van der Waals surface area (Å²) < 4.78 is 10.9. The van der Waals surface area contributed by atoms with Gasteiger partial charge in [-0.3, -0.25) is 0 Å². The van der Waals surface area contributed by atoms with Crippen LogP contribution in [0.15, 0.2) is 0 Å². The molecule has 1 aliphatic rings. The predicted octanol–water partition coefficient (Wildman–Crippen LogP) is 1.57. The summed E-state index contributed by atoms with van der Waals surface area (Å²) >= 11 is 2.25. The highest BCUT2D eigenvalue weighted by Crippen LogP contribution is 2.13. The SMILES string of the molecule is CC(I)OC1CCOC1. The van der Waals surface area contributed by atoms with Crippen LogP contribution in [0.3, 0.4) is 0 Å². The normalized spacial score (nSPS) is 30.7. The lowest BCUT2D eigenvalue weighted by molar-refractivity contribution is 0.0419. The minimum atomic E-state index is 0.314. The lowest BCUT2D eigenvalue weighted by Crippen LogP contribution is -2.15. The molecule has 2 nitrogen and oxygen atoms in total. The first-order valence-corrected chi connectivity index (χ1v) is 4.41. The van der Waals surface area contributed by atoms with Gasteiger partial charge >= 0.3 is 0 Å². The van der Waals surface area contributed by atoms with Crippen molar-refractivity contribution in [2.75, 3.05) is 13.2 Å². The summed E-state index contributed by atoms with van der Waals surface area (Å²) in [6.45, 7) is 3.69. The maximum absolute atomic E-state index is 5.47. The van der Waals surface area contributed by atoms with Crippen LogP contribution >= 0.6 is 22.6 Å². The summed E-state index contributed by atoms with van der Waals surface area (Å²) in [5, 5.41) is 0. The zero-order valence-corrected chi connectivity index (χ0v) is 7.63. The van der Waals surface area contributed by atoms with Crippen molar-refractivity contribution < 1.29 is 9.47 Å². The maximum atomic E-state index is 5.47. The fraction of sp³-hybridized carbons (Fsp3) is 1.00. The number of hydrogen-bond donors (Lipinski definition) is 0. The standard InChI is InChI=1S/C6H11IO2/c1-5(7)9-6-2-3-8-4-6/h5-6H,2-4H2,1H3. The molecule has 2 atom stereocenters. The van der Waals surface area contributed by atoms with Gasteiger partial charge in [-0.25, -0.2) is 0 Å². The van der Waals surface area contributed by atoms with E-state index in [0.29, 0.717) is 10.2 Å². The third-order valence-corrected chi connectivity index (χ3v) is 1.56. The molecule has 0 aromatic rings. The minimum Gasteiger partial charge on any atom is -0.379 e. The molecule has 1 fully saturated rings. The Labute approximate surface area is 69.0 Å². The van der Waals surface area contributed by atoms with E-state index in [0.717, 1.165) is 19.6 Å². The third kappa shape index (κ3) is 2.82. The summed E-state index contributed by atoms with van der Waals surface area (Å²) in [6, 6.07) is 0. The Morgan fingerprint density at radius 2 is 2.56 bits per heavy atom. The van der Waals surface area contributed by atoms with E-state index < -0.39 is 0 Å². The number of halogens is 1. The van der Waals surface area contributed by atoms with Crippen molar-refractivity contribution >= 4 is 22.6 Å². The molecule has 0 amide bonds. The molecule has 0 radical (unpaired) electrons. The van der Waals surface area contributed by atoms with Gasteiger partial charge in [-0.2, -0.15) is 0 Å². The van der Waals surface area contributed by atoms with E-state index in [1.54, 1.807) is 0 Å². The molecule has 0 N–H and O–H groups in total. The molecule has 9 heavy (non-hydrogen) atoms. The summed E-state index contributed by atoms with van der Waals surface area (Å²) in [4.78, 5) is 0. The first-order chi connectivity index (χ1) is 4.29. The fourth-order valence-corrected chi connectivity index (χ4v) is 1.30. The smallest absolute Gasteiger partial charge is 0.106 e. The number of ether oxygens (including phenoxy) is 2. The van der Waals surface area contributed by atoms with Crippen LogP contribution in [0.1, 0.15) is 13.3 Å². The van der Waals surface area contributed by atoms with Crippen LogP contribution in [0.4, 0.5) is 0 Å². The Hall–Kier alpha value is 0.650. The Kier molecular flexibility index (Phi) is 3.21. The molecule has 3 heteroatoms. The first-order valence-electron chi connectivity index (χ1n) is 3.16. The second-order valence-electron chi connectivity index (χ2n) is 2.16. The van der Waals surface area contributed by atoms with Crippen molar-refractivity contribution in [1.29, 1.82) is 0 Å². The van der Waals surface area contributed by atoms with Gasteiger partial charge in [-0.05, 0) is 13.3 Å². The molecule has 0 aliphatic carbocycles. The monoisotopic (exact) mass is 242 g/mol. The second-order valence-corrected chi connectivity index (χ2v) is 3.92. The maximum Gasteiger partial charge on any atom is 0.106 e. The molecular formula is C6H11IO2. The molecule has 2 unspecified atom stereocenters. The van der Waals surface area contributed by atoms with Gasteiger partial charge in [0.1, 0.15) is 4.11 Å². The Morgan fingerprint density at radius 3 is 3.00 bits per heavy atom. The van der Waals surface area contributed by atoms with Crippen LogP contribution in [-0.4, -0.2) is 23.4 Å². The van der Waals surface area contributed by atoms with Crippen molar-refractivity contribution in [1.82, 2.24) is 0 Å². The third-order valence-electron chi connectivity index (χ3n) is 1.27. The van der Waals surface area contributed by atoms with Crippen LogP contribution in [0, 0.1) is 0 Å². The van der Waals surface area contributed by atoms with Crippen LogP contribution in [-0.2, 0) is 9.47 Å². The Bertz CT molecular complexity index is 79.1. The molecule has 1 heterocycles. The zero-order chi connectivity index (χ0) is 6.69. The molecule has 54 valence electrons. The van der Waals surface area contributed by atoms with Gasteiger partial charge in [0.15, 0.2) is 0 Å². The summed E-state index contributed by atoms with van der Waals surface area (Å²) in [5.41, 5.74) is 0. The number of hydrogen-bond acceptors (Lipinski definition) is 2. The van der Waals surface area contributed by atoms with Gasteiger partial charge in [0.25, 0.3) is 0 Å². The summed E-state index contributed by atoms with van der Waals surface area (Å²) in [7, 11) is 0. The van der Waals surface area contributed by atoms with Crippen molar-refractivity contribution in [3.05, 3.63) is 0 Å². The quantitative estimate of drug-likeness (QED) is 0.540. The van der Waals surface area contributed by atoms with E-state index in [9.17, 15) is 0 Å². The van der Waals surface area contributed by atoms with Gasteiger partial charge in [0.2, 0.25) is 0 Å². The largest absolute Gasteiger partial charge is 0.379 e. The van der Waals surface area contributed by atoms with E-state index in [2.05, 4.69) is 22.6 Å². The Balaban J connectivity index is 2.11. The molecule has 1 rings (SSSR count). The highest BCUT2D eigenvalue weighted by atomic mass is 127. The van der Waals surface area contributed by atoms with Gasteiger partial charge < -0.3 is 9.47 Å². The van der Waals surface area contributed by atoms with Crippen LogP contribution in [0.25, 0.3) is 0 Å². The van der Waals surface area contributed by atoms with Crippen molar-refractivity contribution in [2.45, 2.75) is 23.6 Å². The van der Waals surface area contributed by atoms with Crippen molar-refractivity contribution in [3.8, 4) is 0 Å². The van der Waals surface area contributed by atoms with Gasteiger partial charge in [-0.15, -0.1) is 0 Å². The lowest BCUT2D eigenvalue weighted by atomic mass is 10.3. The van der Waals surface area contributed by atoms with Crippen molar-refractivity contribution in [2.24, 2.45) is 0 Å². The Morgan fingerprint density at radius 1 is 1.78 bits per heavy atom. The van der Waals surface area contributed by atoms with E-state index in [4.69, 9.17) is 9.47 Å². The second kappa shape index (κ2) is 3.73. The zero-order valence-electron chi connectivity index (χ0n) is 5.47. The highest BCUT2D eigenvalue weighted by Gasteiger charge is 2.16. The molecule has 0 spiro atoms. The molecule has 0 aromatic carbocycles. The molecule has 0 bridgehead atoms. The molecule has 0 aromatic heterocycles. The number of alkyl halides is 1. The average Bonchev–Trinajstić information content (AvgIpc) is 2.15. The van der Waals surface area contributed by atoms with E-state index in [-0.39, 0.29) is 0 Å². The van der Waals surface area contributed by atoms with E-state index in [1.807, 2.05) is 6.92 Å². The molecule has 1 aliphatic heterocycles. The fourth-order valence-electron chi connectivity index (χ4n) is 0.885. The predicted molar refractivity (Wildman–Crippen MR) is 43.8 cm³/mol.